The van der Waals surface area contributed by atoms with Crippen molar-refractivity contribution in [3.63, 3.8) is 0 Å². The van der Waals surface area contributed by atoms with Crippen molar-refractivity contribution in [2.75, 3.05) is 19.6 Å². The van der Waals surface area contributed by atoms with Crippen LogP contribution in [-0.4, -0.2) is 43.0 Å². The molecule has 0 saturated carbocycles. The summed E-state index contributed by atoms with van der Waals surface area (Å²) in [6.45, 7) is -0.980. The number of carbonyl (C=O) groups excluding carboxylic acids is 1. The molecule has 0 aromatic heterocycles. The van der Waals surface area contributed by atoms with E-state index in [0.717, 1.165) is 0 Å². The molecule has 1 aliphatic rings. The number of nitrogens with zero attached hydrogens (tertiary/aromatic N) is 1. The van der Waals surface area contributed by atoms with E-state index in [1.54, 1.807) is 0 Å². The Morgan fingerprint density at radius 2 is 1.76 bits per heavy atom. The SMILES string of the molecule is NC(=O)C1(C(F)(F)F)CCN(CC(F)F)CC1. The molecule has 0 aliphatic carbocycles. The van der Waals surface area contributed by atoms with Gasteiger partial charge in [-0.25, -0.2) is 8.78 Å². The summed E-state index contributed by atoms with van der Waals surface area (Å²) in [5.41, 5.74) is 2.25. The van der Waals surface area contributed by atoms with Crippen LogP contribution in [0.5, 0.6) is 0 Å². The molecule has 1 amide bonds. The Morgan fingerprint density at radius 1 is 1.29 bits per heavy atom. The lowest BCUT2D eigenvalue weighted by Gasteiger charge is -2.40. The normalized spacial score (nSPS) is 21.8. The first-order valence-corrected chi connectivity index (χ1v) is 5.06. The lowest BCUT2D eigenvalue weighted by Crippen LogP contribution is -2.55. The van der Waals surface area contributed by atoms with Gasteiger partial charge in [0.1, 0.15) is 5.41 Å². The summed E-state index contributed by atoms with van der Waals surface area (Å²) in [5.74, 6) is -1.43. The monoisotopic (exact) mass is 260 g/mol. The second-order valence-electron chi connectivity index (χ2n) is 4.14. The molecule has 1 heterocycles. The van der Waals surface area contributed by atoms with E-state index in [-0.39, 0.29) is 13.1 Å². The van der Waals surface area contributed by atoms with Crippen LogP contribution < -0.4 is 5.73 Å². The number of carbonyl (C=O) groups is 1. The van der Waals surface area contributed by atoms with E-state index in [4.69, 9.17) is 5.73 Å². The average Bonchev–Trinajstić information content (AvgIpc) is 2.15. The number of piperidine rings is 1. The Balaban J connectivity index is 2.72. The zero-order chi connectivity index (χ0) is 13.3. The molecule has 1 saturated heterocycles. The molecule has 1 fully saturated rings. The zero-order valence-corrected chi connectivity index (χ0v) is 8.94. The minimum atomic E-state index is -4.73. The predicted octanol–water partition coefficient (Wildman–Crippen LogP) is 1.38. The first kappa shape index (κ1) is 14.1. The molecule has 8 heteroatoms. The second-order valence-corrected chi connectivity index (χ2v) is 4.14. The molecule has 0 spiro atoms. The standard InChI is InChI=1S/C9H13F5N2O/c10-6(11)5-16-3-1-8(2-4-16,7(15)17)9(12,13)14/h6H,1-5H2,(H2,15,17). The minimum Gasteiger partial charge on any atom is -0.369 e. The fourth-order valence-electron chi connectivity index (χ4n) is 1.98. The van der Waals surface area contributed by atoms with Gasteiger partial charge in [0.2, 0.25) is 5.91 Å². The Bertz CT molecular complexity index is 284. The van der Waals surface area contributed by atoms with Gasteiger partial charge in [0.25, 0.3) is 6.43 Å². The molecule has 100 valence electrons. The lowest BCUT2D eigenvalue weighted by molar-refractivity contribution is -0.231. The number of likely N-dealkylation sites (tertiary alicyclic amines) is 1. The van der Waals surface area contributed by atoms with Crippen LogP contribution in [0.2, 0.25) is 0 Å². The number of alkyl halides is 5. The van der Waals surface area contributed by atoms with Gasteiger partial charge in [-0.05, 0) is 25.9 Å². The fraction of sp³-hybridized carbons (Fsp3) is 0.889. The summed E-state index contributed by atoms with van der Waals surface area (Å²) < 4.78 is 62.4. The smallest absolute Gasteiger partial charge is 0.369 e. The van der Waals surface area contributed by atoms with Gasteiger partial charge in [-0.15, -0.1) is 0 Å². The van der Waals surface area contributed by atoms with Gasteiger partial charge in [-0.2, -0.15) is 13.2 Å². The Kier molecular flexibility index (Phi) is 3.95. The van der Waals surface area contributed by atoms with Crippen molar-refractivity contribution in [3.05, 3.63) is 0 Å². The topological polar surface area (TPSA) is 46.3 Å². The van der Waals surface area contributed by atoms with E-state index in [2.05, 4.69) is 0 Å². The summed E-state index contributed by atoms with van der Waals surface area (Å²) in [6, 6.07) is 0. The number of nitrogens with two attached hydrogens (primary N) is 1. The molecule has 0 aromatic carbocycles. The summed E-state index contributed by atoms with van der Waals surface area (Å²) in [7, 11) is 0. The lowest BCUT2D eigenvalue weighted by atomic mass is 9.77. The van der Waals surface area contributed by atoms with Crippen LogP contribution in [0.3, 0.4) is 0 Å². The Morgan fingerprint density at radius 3 is 2.06 bits per heavy atom. The van der Waals surface area contributed by atoms with Crippen LogP contribution in [-0.2, 0) is 4.79 Å². The second kappa shape index (κ2) is 4.75. The average molecular weight is 260 g/mol. The molecule has 2 N–H and O–H groups in total. The van der Waals surface area contributed by atoms with Crippen molar-refractivity contribution in [1.82, 2.24) is 4.90 Å². The fourth-order valence-corrected chi connectivity index (χ4v) is 1.98. The third-order valence-corrected chi connectivity index (χ3v) is 3.12. The highest BCUT2D eigenvalue weighted by atomic mass is 19.4. The highest BCUT2D eigenvalue weighted by molar-refractivity contribution is 5.82. The van der Waals surface area contributed by atoms with Crippen LogP contribution in [0, 0.1) is 5.41 Å². The number of halogens is 5. The van der Waals surface area contributed by atoms with E-state index >= 15 is 0 Å². The van der Waals surface area contributed by atoms with Crippen LogP contribution in [0.15, 0.2) is 0 Å². The van der Waals surface area contributed by atoms with Gasteiger partial charge in [0.05, 0.1) is 6.54 Å². The van der Waals surface area contributed by atoms with Gasteiger partial charge in [0.15, 0.2) is 0 Å². The van der Waals surface area contributed by atoms with Crippen molar-refractivity contribution in [2.45, 2.75) is 25.4 Å². The first-order chi connectivity index (χ1) is 7.69. The predicted molar refractivity (Wildman–Crippen MR) is 49.4 cm³/mol. The summed E-state index contributed by atoms with van der Waals surface area (Å²) in [6.07, 6.45) is -8.44. The van der Waals surface area contributed by atoms with Gasteiger partial charge in [-0.1, -0.05) is 0 Å². The Hall–Kier alpha value is -0.920. The maximum absolute atomic E-state index is 12.8. The maximum Gasteiger partial charge on any atom is 0.403 e. The molecule has 0 atom stereocenters. The third kappa shape index (κ3) is 2.85. The van der Waals surface area contributed by atoms with Crippen LogP contribution in [0.1, 0.15) is 12.8 Å². The van der Waals surface area contributed by atoms with E-state index in [1.165, 1.54) is 4.90 Å². The zero-order valence-electron chi connectivity index (χ0n) is 8.94. The van der Waals surface area contributed by atoms with Crippen molar-refractivity contribution in [2.24, 2.45) is 11.1 Å². The highest BCUT2D eigenvalue weighted by Gasteiger charge is 2.59. The van der Waals surface area contributed by atoms with Crippen LogP contribution >= 0.6 is 0 Å². The van der Waals surface area contributed by atoms with Crippen molar-refractivity contribution >= 4 is 5.91 Å². The van der Waals surface area contributed by atoms with Crippen LogP contribution in [0.25, 0.3) is 0 Å². The van der Waals surface area contributed by atoms with Gasteiger partial charge >= 0.3 is 6.18 Å². The van der Waals surface area contributed by atoms with Crippen molar-refractivity contribution < 1.29 is 26.7 Å². The van der Waals surface area contributed by atoms with Crippen LogP contribution in [0.4, 0.5) is 22.0 Å². The van der Waals surface area contributed by atoms with Gasteiger partial charge < -0.3 is 5.73 Å². The summed E-state index contributed by atoms with van der Waals surface area (Å²) >= 11 is 0. The number of hydrogen-bond acceptors (Lipinski definition) is 2. The third-order valence-electron chi connectivity index (χ3n) is 3.12. The van der Waals surface area contributed by atoms with E-state index in [1.807, 2.05) is 0 Å². The largest absolute Gasteiger partial charge is 0.403 e. The number of primary amides is 1. The first-order valence-electron chi connectivity index (χ1n) is 5.06. The molecular formula is C9H13F5N2O. The summed E-state index contributed by atoms with van der Waals surface area (Å²) in [4.78, 5) is 12.2. The molecule has 1 rings (SSSR count). The molecule has 0 bridgehead atoms. The number of amides is 1. The molecule has 0 unspecified atom stereocenters. The molecular weight excluding hydrogens is 247 g/mol. The van der Waals surface area contributed by atoms with Crippen molar-refractivity contribution in [1.29, 1.82) is 0 Å². The number of rotatable bonds is 3. The molecule has 3 nitrogen and oxygen atoms in total. The molecule has 1 aliphatic heterocycles. The van der Waals surface area contributed by atoms with E-state index < -0.39 is 43.3 Å². The highest BCUT2D eigenvalue weighted by Crippen LogP contribution is 2.46. The van der Waals surface area contributed by atoms with Gasteiger partial charge in [0, 0.05) is 0 Å². The number of hydrogen-bond donors (Lipinski definition) is 1. The van der Waals surface area contributed by atoms with E-state index in [0.29, 0.717) is 0 Å². The summed E-state index contributed by atoms with van der Waals surface area (Å²) in [5, 5.41) is 0. The Labute approximate surface area is 94.7 Å². The molecule has 17 heavy (non-hydrogen) atoms. The van der Waals surface area contributed by atoms with Gasteiger partial charge in [-0.3, -0.25) is 9.69 Å². The van der Waals surface area contributed by atoms with E-state index in [9.17, 15) is 26.7 Å². The quantitative estimate of drug-likeness (QED) is 0.779. The minimum absolute atomic E-state index is 0.202. The maximum atomic E-state index is 12.8. The molecule has 0 radical (unpaired) electrons. The molecule has 0 aromatic rings. The van der Waals surface area contributed by atoms with Crippen molar-refractivity contribution in [3.8, 4) is 0 Å².